The van der Waals surface area contributed by atoms with Crippen molar-refractivity contribution in [1.82, 2.24) is 4.98 Å². The number of rotatable bonds is 3. The van der Waals surface area contributed by atoms with Gasteiger partial charge in [0.15, 0.2) is 0 Å². The molecule has 5 heteroatoms. The van der Waals surface area contributed by atoms with Crippen molar-refractivity contribution in [2.45, 2.75) is 0 Å². The molecule has 0 bridgehead atoms. The number of nitriles is 1. The fraction of sp³-hybridized carbons (Fsp3) is 0.167. The first-order chi connectivity index (χ1) is 8.28. The summed E-state index contributed by atoms with van der Waals surface area (Å²) in [7, 11) is 3.21. The van der Waals surface area contributed by atoms with E-state index in [0.717, 1.165) is 16.3 Å². The Kier molecular flexibility index (Phi) is 3.26. The number of aromatic nitrogens is 1. The van der Waals surface area contributed by atoms with Crippen LogP contribution in [0.15, 0.2) is 24.4 Å². The highest BCUT2D eigenvalue weighted by Crippen LogP contribution is 2.35. The number of ether oxygens (including phenoxy) is 2. The Bertz CT molecular complexity index is 572. The number of nitrogens with zero attached hydrogens (tertiary/aromatic N) is 2. The Morgan fingerprint density at radius 1 is 1.29 bits per heavy atom. The SMILES string of the molecule is COc1ccc(OC)c(-c2ncc(C#N)s2)c1. The van der Waals surface area contributed by atoms with Gasteiger partial charge in [-0.2, -0.15) is 5.26 Å². The third-order valence-corrected chi connectivity index (χ3v) is 3.19. The lowest BCUT2D eigenvalue weighted by molar-refractivity contribution is 0.404. The highest BCUT2D eigenvalue weighted by atomic mass is 32.1. The Labute approximate surface area is 103 Å². The summed E-state index contributed by atoms with van der Waals surface area (Å²) >= 11 is 1.33. The molecule has 2 aromatic rings. The third-order valence-electron chi connectivity index (χ3n) is 2.25. The average Bonchev–Trinajstić information content (AvgIpc) is 2.86. The summed E-state index contributed by atoms with van der Waals surface area (Å²) in [5.74, 6) is 1.44. The molecule has 0 N–H and O–H groups in total. The van der Waals surface area contributed by atoms with E-state index >= 15 is 0 Å². The van der Waals surface area contributed by atoms with Crippen molar-refractivity contribution >= 4 is 11.3 Å². The lowest BCUT2D eigenvalue weighted by atomic mass is 10.2. The summed E-state index contributed by atoms with van der Waals surface area (Å²) < 4.78 is 10.4. The molecular weight excluding hydrogens is 236 g/mol. The lowest BCUT2D eigenvalue weighted by Gasteiger charge is -2.07. The molecule has 0 aliphatic heterocycles. The van der Waals surface area contributed by atoms with E-state index in [-0.39, 0.29) is 0 Å². The van der Waals surface area contributed by atoms with Gasteiger partial charge in [-0.15, -0.1) is 11.3 Å². The van der Waals surface area contributed by atoms with E-state index in [4.69, 9.17) is 14.7 Å². The van der Waals surface area contributed by atoms with Gasteiger partial charge in [-0.25, -0.2) is 4.98 Å². The molecular formula is C12H10N2O2S. The second-order valence-corrected chi connectivity index (χ2v) is 4.24. The molecule has 0 fully saturated rings. The lowest BCUT2D eigenvalue weighted by Crippen LogP contribution is -1.89. The van der Waals surface area contributed by atoms with Crippen LogP contribution in [-0.2, 0) is 0 Å². The number of benzene rings is 1. The van der Waals surface area contributed by atoms with Crippen LogP contribution in [-0.4, -0.2) is 19.2 Å². The topological polar surface area (TPSA) is 55.1 Å². The highest BCUT2D eigenvalue weighted by Gasteiger charge is 2.11. The van der Waals surface area contributed by atoms with E-state index in [9.17, 15) is 0 Å². The first-order valence-corrected chi connectivity index (χ1v) is 5.68. The molecule has 0 atom stereocenters. The molecule has 0 aliphatic rings. The number of methoxy groups -OCH3 is 2. The van der Waals surface area contributed by atoms with Gasteiger partial charge in [0.05, 0.1) is 26.0 Å². The number of hydrogen-bond acceptors (Lipinski definition) is 5. The second-order valence-electron chi connectivity index (χ2n) is 3.21. The van der Waals surface area contributed by atoms with Crippen LogP contribution in [0.25, 0.3) is 10.6 Å². The normalized spacial score (nSPS) is 9.71. The van der Waals surface area contributed by atoms with Gasteiger partial charge in [-0.05, 0) is 18.2 Å². The molecule has 0 amide bonds. The second kappa shape index (κ2) is 4.85. The molecule has 0 spiro atoms. The molecule has 0 saturated heterocycles. The summed E-state index contributed by atoms with van der Waals surface area (Å²) in [6, 6.07) is 7.55. The van der Waals surface area contributed by atoms with Gasteiger partial charge in [-0.1, -0.05) is 0 Å². The molecule has 1 heterocycles. The maximum Gasteiger partial charge on any atom is 0.129 e. The van der Waals surface area contributed by atoms with E-state index in [1.54, 1.807) is 20.4 Å². The van der Waals surface area contributed by atoms with E-state index in [1.807, 2.05) is 18.2 Å². The predicted octanol–water partition coefficient (Wildman–Crippen LogP) is 2.70. The monoisotopic (exact) mass is 246 g/mol. The summed E-state index contributed by atoms with van der Waals surface area (Å²) in [6.07, 6.45) is 1.55. The zero-order valence-corrected chi connectivity index (χ0v) is 10.2. The Hall–Kier alpha value is -2.06. The molecule has 2 rings (SSSR count). The standard InChI is InChI=1S/C12H10N2O2S/c1-15-8-3-4-11(16-2)10(5-8)12-14-7-9(6-13)17-12/h3-5,7H,1-2H3. The van der Waals surface area contributed by atoms with Crippen molar-refractivity contribution in [2.75, 3.05) is 14.2 Å². The summed E-state index contributed by atoms with van der Waals surface area (Å²) in [5, 5.41) is 9.54. The van der Waals surface area contributed by atoms with Gasteiger partial charge >= 0.3 is 0 Å². The van der Waals surface area contributed by atoms with Crippen molar-refractivity contribution in [1.29, 1.82) is 5.26 Å². The molecule has 0 saturated carbocycles. The quantitative estimate of drug-likeness (QED) is 0.835. The van der Waals surface area contributed by atoms with E-state index in [2.05, 4.69) is 11.1 Å². The minimum absolute atomic E-state index is 0.574. The zero-order chi connectivity index (χ0) is 12.3. The molecule has 86 valence electrons. The van der Waals surface area contributed by atoms with Crippen molar-refractivity contribution in [3.05, 3.63) is 29.3 Å². The van der Waals surface area contributed by atoms with Gasteiger partial charge in [0.2, 0.25) is 0 Å². The summed E-state index contributed by atoms with van der Waals surface area (Å²) in [6.45, 7) is 0. The Morgan fingerprint density at radius 2 is 2.12 bits per heavy atom. The summed E-state index contributed by atoms with van der Waals surface area (Å²) in [5.41, 5.74) is 0.832. The first-order valence-electron chi connectivity index (χ1n) is 4.87. The van der Waals surface area contributed by atoms with E-state index in [0.29, 0.717) is 10.6 Å². The maximum atomic E-state index is 8.79. The maximum absolute atomic E-state index is 8.79. The van der Waals surface area contributed by atoms with E-state index < -0.39 is 0 Å². The van der Waals surface area contributed by atoms with Crippen LogP contribution in [0.5, 0.6) is 11.5 Å². The molecule has 1 aromatic heterocycles. The average molecular weight is 246 g/mol. The van der Waals surface area contributed by atoms with Crippen LogP contribution < -0.4 is 9.47 Å². The van der Waals surface area contributed by atoms with Crippen LogP contribution in [0.2, 0.25) is 0 Å². The molecule has 0 aliphatic carbocycles. The highest BCUT2D eigenvalue weighted by molar-refractivity contribution is 7.15. The van der Waals surface area contributed by atoms with Crippen LogP contribution in [0, 0.1) is 11.3 Å². The molecule has 17 heavy (non-hydrogen) atoms. The minimum atomic E-state index is 0.574. The van der Waals surface area contributed by atoms with Gasteiger partial charge in [-0.3, -0.25) is 0 Å². The van der Waals surface area contributed by atoms with Gasteiger partial charge in [0, 0.05) is 0 Å². The molecule has 4 nitrogen and oxygen atoms in total. The molecule has 0 unspecified atom stereocenters. The van der Waals surface area contributed by atoms with Crippen molar-refractivity contribution in [2.24, 2.45) is 0 Å². The van der Waals surface area contributed by atoms with Crippen LogP contribution >= 0.6 is 11.3 Å². The van der Waals surface area contributed by atoms with Gasteiger partial charge in [0.1, 0.15) is 27.5 Å². The number of hydrogen-bond donors (Lipinski definition) is 0. The smallest absolute Gasteiger partial charge is 0.129 e. The molecule has 0 radical (unpaired) electrons. The zero-order valence-electron chi connectivity index (χ0n) is 9.43. The first kappa shape index (κ1) is 11.4. The summed E-state index contributed by atoms with van der Waals surface area (Å²) in [4.78, 5) is 4.78. The van der Waals surface area contributed by atoms with Crippen LogP contribution in [0.3, 0.4) is 0 Å². The van der Waals surface area contributed by atoms with Crippen molar-refractivity contribution < 1.29 is 9.47 Å². The van der Waals surface area contributed by atoms with Crippen molar-refractivity contribution in [3.63, 3.8) is 0 Å². The van der Waals surface area contributed by atoms with Crippen molar-refractivity contribution in [3.8, 4) is 28.1 Å². The Morgan fingerprint density at radius 3 is 2.71 bits per heavy atom. The van der Waals surface area contributed by atoms with Crippen LogP contribution in [0.4, 0.5) is 0 Å². The van der Waals surface area contributed by atoms with Crippen LogP contribution in [0.1, 0.15) is 4.88 Å². The van der Waals surface area contributed by atoms with E-state index in [1.165, 1.54) is 11.3 Å². The number of thiazole rings is 1. The molecule has 1 aromatic carbocycles. The third kappa shape index (κ3) is 2.22. The largest absolute Gasteiger partial charge is 0.497 e. The van der Waals surface area contributed by atoms with Gasteiger partial charge in [0.25, 0.3) is 0 Å². The predicted molar refractivity (Wildman–Crippen MR) is 65.4 cm³/mol. The fourth-order valence-electron chi connectivity index (χ4n) is 1.43. The fourth-order valence-corrected chi connectivity index (χ4v) is 2.17. The Balaban J connectivity index is 2.52. The minimum Gasteiger partial charge on any atom is -0.497 e. The van der Waals surface area contributed by atoms with Gasteiger partial charge < -0.3 is 9.47 Å².